The van der Waals surface area contributed by atoms with Crippen LogP contribution in [0.4, 0.5) is 4.79 Å². The molecule has 23 heavy (non-hydrogen) atoms. The lowest BCUT2D eigenvalue weighted by molar-refractivity contribution is -0.146. The van der Waals surface area contributed by atoms with Gasteiger partial charge in [-0.3, -0.25) is 4.90 Å². The summed E-state index contributed by atoms with van der Waals surface area (Å²) in [4.78, 5) is 25.5. The van der Waals surface area contributed by atoms with Crippen molar-refractivity contribution in [3.63, 3.8) is 0 Å². The van der Waals surface area contributed by atoms with Gasteiger partial charge in [0, 0.05) is 23.5 Å². The van der Waals surface area contributed by atoms with Crippen molar-refractivity contribution in [2.45, 2.75) is 38.8 Å². The fourth-order valence-electron chi connectivity index (χ4n) is 1.88. The van der Waals surface area contributed by atoms with Crippen molar-refractivity contribution in [2.75, 3.05) is 14.2 Å². The Bertz CT molecular complexity index is 584. The van der Waals surface area contributed by atoms with E-state index in [0.29, 0.717) is 15.6 Å². The van der Waals surface area contributed by atoms with Crippen LogP contribution in [0.15, 0.2) is 18.2 Å². The minimum Gasteiger partial charge on any atom is -0.467 e. The van der Waals surface area contributed by atoms with Crippen LogP contribution in [0.1, 0.15) is 26.3 Å². The number of methoxy groups -OCH3 is 1. The van der Waals surface area contributed by atoms with Crippen LogP contribution in [0.3, 0.4) is 0 Å². The van der Waals surface area contributed by atoms with Gasteiger partial charge in [0.2, 0.25) is 0 Å². The number of nitrogens with zero attached hydrogens (tertiary/aromatic N) is 1. The first-order chi connectivity index (χ1) is 10.5. The lowest BCUT2D eigenvalue weighted by atomic mass is 10.0. The number of carbonyl (C=O) groups is 2. The maximum absolute atomic E-state index is 12.2. The molecule has 0 saturated carbocycles. The number of rotatable bonds is 4. The molecule has 7 heteroatoms. The molecule has 0 heterocycles. The van der Waals surface area contributed by atoms with E-state index in [1.165, 1.54) is 19.1 Å². The Labute approximate surface area is 146 Å². The largest absolute Gasteiger partial charge is 0.467 e. The summed E-state index contributed by atoms with van der Waals surface area (Å²) in [5, 5.41) is 0.953. The maximum Gasteiger partial charge on any atom is 0.410 e. The van der Waals surface area contributed by atoms with Crippen LogP contribution >= 0.6 is 23.2 Å². The first-order valence-electron chi connectivity index (χ1n) is 7.02. The highest BCUT2D eigenvalue weighted by atomic mass is 35.5. The van der Waals surface area contributed by atoms with Crippen LogP contribution in [0, 0.1) is 0 Å². The number of hydrogen-bond donors (Lipinski definition) is 0. The second-order valence-electron chi connectivity index (χ2n) is 6.07. The molecule has 0 fully saturated rings. The van der Waals surface area contributed by atoms with Crippen molar-refractivity contribution in [3.05, 3.63) is 33.8 Å². The number of esters is 1. The molecule has 0 saturated heterocycles. The monoisotopic (exact) mass is 361 g/mol. The Morgan fingerprint density at radius 2 is 1.87 bits per heavy atom. The summed E-state index contributed by atoms with van der Waals surface area (Å²) < 4.78 is 10.1. The second-order valence-corrected chi connectivity index (χ2v) is 6.91. The van der Waals surface area contributed by atoms with Crippen molar-refractivity contribution in [3.8, 4) is 0 Å². The molecule has 0 radical (unpaired) electrons. The fraction of sp³-hybridized carbons (Fsp3) is 0.500. The Morgan fingerprint density at radius 1 is 1.26 bits per heavy atom. The fourth-order valence-corrected chi connectivity index (χ4v) is 2.27. The molecule has 1 rings (SSSR count). The van der Waals surface area contributed by atoms with Crippen LogP contribution in [0.2, 0.25) is 10.0 Å². The molecular formula is C16H21Cl2NO4. The zero-order valence-corrected chi connectivity index (χ0v) is 15.4. The minimum atomic E-state index is -0.870. The summed E-state index contributed by atoms with van der Waals surface area (Å²) in [5.41, 5.74) is -0.0235. The minimum absolute atomic E-state index is 0.168. The summed E-state index contributed by atoms with van der Waals surface area (Å²) >= 11 is 12.1. The smallest absolute Gasteiger partial charge is 0.410 e. The van der Waals surface area contributed by atoms with E-state index in [4.69, 9.17) is 32.7 Å². The van der Waals surface area contributed by atoms with Gasteiger partial charge in [0.15, 0.2) is 0 Å². The van der Waals surface area contributed by atoms with Gasteiger partial charge in [-0.25, -0.2) is 9.59 Å². The van der Waals surface area contributed by atoms with Crippen LogP contribution in [0.25, 0.3) is 0 Å². The Morgan fingerprint density at radius 3 is 2.39 bits per heavy atom. The van der Waals surface area contributed by atoms with Gasteiger partial charge in [0.25, 0.3) is 0 Å². The molecular weight excluding hydrogens is 341 g/mol. The van der Waals surface area contributed by atoms with Gasteiger partial charge in [-0.05, 0) is 44.5 Å². The van der Waals surface area contributed by atoms with Gasteiger partial charge in [-0.15, -0.1) is 0 Å². The summed E-state index contributed by atoms with van der Waals surface area (Å²) in [6, 6.07) is 4.08. The van der Waals surface area contributed by atoms with Crippen LogP contribution in [0.5, 0.6) is 0 Å². The Balaban J connectivity index is 3.03. The molecule has 1 aromatic carbocycles. The lowest BCUT2D eigenvalue weighted by Gasteiger charge is -2.29. The highest BCUT2D eigenvalue weighted by Crippen LogP contribution is 2.24. The van der Waals surface area contributed by atoms with E-state index in [0.717, 1.165) is 0 Å². The van der Waals surface area contributed by atoms with E-state index >= 15 is 0 Å². The van der Waals surface area contributed by atoms with Crippen molar-refractivity contribution in [1.29, 1.82) is 0 Å². The predicted octanol–water partition coefficient (Wildman–Crippen LogP) is 3.94. The summed E-state index contributed by atoms with van der Waals surface area (Å²) in [5.74, 6) is -0.561. The first kappa shape index (κ1) is 19.6. The standard InChI is InChI=1S/C16H21Cl2NO4/c1-16(2,3)23-15(21)19(4)13(14(20)22-5)9-10-8-11(17)6-7-12(10)18/h6-8,13H,9H2,1-5H3/t13-/m0/s1. The quantitative estimate of drug-likeness (QED) is 0.762. The van der Waals surface area contributed by atoms with Crippen molar-refractivity contribution < 1.29 is 19.1 Å². The number of likely N-dealkylation sites (N-methyl/N-ethyl adjacent to an activating group) is 1. The molecule has 0 unspecified atom stereocenters. The molecule has 0 bridgehead atoms. The van der Waals surface area contributed by atoms with Crippen molar-refractivity contribution in [2.24, 2.45) is 0 Å². The molecule has 1 amide bonds. The molecule has 0 N–H and O–H groups in total. The van der Waals surface area contributed by atoms with Crippen LogP contribution in [-0.2, 0) is 20.7 Å². The van der Waals surface area contributed by atoms with Gasteiger partial charge in [-0.2, -0.15) is 0 Å². The molecule has 0 aliphatic carbocycles. The zero-order chi connectivity index (χ0) is 17.8. The second kappa shape index (κ2) is 7.88. The molecule has 1 aromatic rings. The Kier molecular flexibility index (Phi) is 6.71. The normalized spacial score (nSPS) is 12.5. The SMILES string of the molecule is COC(=O)[C@H](Cc1cc(Cl)ccc1Cl)N(C)C(=O)OC(C)(C)C. The number of amides is 1. The third-order valence-corrected chi connectivity index (χ3v) is 3.65. The average molecular weight is 362 g/mol. The van der Waals surface area contributed by atoms with E-state index in [9.17, 15) is 9.59 Å². The number of hydrogen-bond acceptors (Lipinski definition) is 4. The summed E-state index contributed by atoms with van der Waals surface area (Å²) in [6.45, 7) is 5.25. The van der Waals surface area contributed by atoms with E-state index in [1.807, 2.05) is 0 Å². The van der Waals surface area contributed by atoms with Crippen LogP contribution < -0.4 is 0 Å². The molecule has 0 aromatic heterocycles. The maximum atomic E-state index is 12.2. The molecule has 0 aliphatic heterocycles. The lowest BCUT2D eigenvalue weighted by Crippen LogP contribution is -2.46. The molecule has 0 aliphatic rings. The highest BCUT2D eigenvalue weighted by molar-refractivity contribution is 6.33. The number of halogens is 2. The van der Waals surface area contributed by atoms with Crippen molar-refractivity contribution in [1.82, 2.24) is 4.90 Å². The van der Waals surface area contributed by atoms with Gasteiger partial charge in [0.05, 0.1) is 7.11 Å². The van der Waals surface area contributed by atoms with Gasteiger partial charge < -0.3 is 9.47 Å². The number of benzene rings is 1. The Hall–Kier alpha value is -1.46. The summed E-state index contributed by atoms with van der Waals surface area (Å²) in [6.07, 6.45) is -0.451. The number of ether oxygens (including phenoxy) is 2. The molecule has 1 atom stereocenters. The van der Waals surface area contributed by atoms with E-state index in [2.05, 4.69) is 0 Å². The third-order valence-electron chi connectivity index (χ3n) is 3.04. The van der Waals surface area contributed by atoms with Gasteiger partial charge >= 0.3 is 12.1 Å². The average Bonchev–Trinajstić information content (AvgIpc) is 2.44. The van der Waals surface area contributed by atoms with Crippen LogP contribution in [-0.4, -0.2) is 42.8 Å². The first-order valence-corrected chi connectivity index (χ1v) is 7.78. The molecule has 0 spiro atoms. The number of carbonyl (C=O) groups excluding carboxylic acids is 2. The van der Waals surface area contributed by atoms with Crippen molar-refractivity contribution >= 4 is 35.3 Å². The summed E-state index contributed by atoms with van der Waals surface area (Å²) in [7, 11) is 2.74. The third kappa shape index (κ3) is 5.92. The predicted molar refractivity (Wildman–Crippen MR) is 90.0 cm³/mol. The zero-order valence-electron chi connectivity index (χ0n) is 13.9. The molecule has 128 valence electrons. The van der Waals surface area contributed by atoms with Gasteiger partial charge in [0.1, 0.15) is 11.6 Å². The van der Waals surface area contributed by atoms with Gasteiger partial charge in [-0.1, -0.05) is 23.2 Å². The van der Waals surface area contributed by atoms with E-state index < -0.39 is 23.7 Å². The highest BCUT2D eigenvalue weighted by Gasteiger charge is 2.31. The topological polar surface area (TPSA) is 55.8 Å². The van der Waals surface area contributed by atoms with E-state index in [-0.39, 0.29) is 6.42 Å². The molecule has 5 nitrogen and oxygen atoms in total. The van der Waals surface area contributed by atoms with E-state index in [1.54, 1.807) is 39.0 Å².